The number of nitrogens with one attached hydrogen (secondary N) is 2. The fourth-order valence-corrected chi connectivity index (χ4v) is 4.48. The van der Waals surface area contributed by atoms with Crippen molar-refractivity contribution in [3.8, 4) is 0 Å². The van der Waals surface area contributed by atoms with E-state index in [0.717, 1.165) is 43.9 Å². The highest BCUT2D eigenvalue weighted by Crippen LogP contribution is 2.42. The molecular formula is C19H34N4O2. The Morgan fingerprint density at radius 2 is 1.72 bits per heavy atom. The van der Waals surface area contributed by atoms with Crippen LogP contribution in [0.1, 0.15) is 51.4 Å². The Hall–Kier alpha value is -1.30. The minimum Gasteiger partial charge on any atom is -0.381 e. The monoisotopic (exact) mass is 350 g/mol. The van der Waals surface area contributed by atoms with E-state index < -0.39 is 0 Å². The van der Waals surface area contributed by atoms with Gasteiger partial charge in [0.1, 0.15) is 6.54 Å². The summed E-state index contributed by atoms with van der Waals surface area (Å²) < 4.78 is 5.45. The first-order valence-corrected chi connectivity index (χ1v) is 9.97. The number of hydrogen-bond donors (Lipinski definition) is 2. The van der Waals surface area contributed by atoms with Crippen molar-refractivity contribution in [2.24, 2.45) is 16.8 Å². The maximum absolute atomic E-state index is 11.9. The van der Waals surface area contributed by atoms with Crippen molar-refractivity contribution >= 4 is 11.9 Å². The van der Waals surface area contributed by atoms with Gasteiger partial charge in [-0.15, -0.1) is 0 Å². The lowest BCUT2D eigenvalue weighted by molar-refractivity contribution is -0.127. The minimum atomic E-state index is 0.0348. The van der Waals surface area contributed by atoms with Gasteiger partial charge >= 0.3 is 0 Å². The van der Waals surface area contributed by atoms with E-state index in [4.69, 9.17) is 4.74 Å². The van der Waals surface area contributed by atoms with Crippen LogP contribution in [0, 0.1) is 11.8 Å². The number of aliphatic imine (C=N–C) groups is 1. The molecule has 2 N–H and O–H groups in total. The molecule has 3 unspecified atom stereocenters. The molecule has 1 saturated heterocycles. The molecule has 0 aromatic rings. The molecule has 1 heterocycles. The summed E-state index contributed by atoms with van der Waals surface area (Å²) in [7, 11) is 3.55. The average molecular weight is 351 g/mol. The third-order valence-corrected chi connectivity index (χ3v) is 6.06. The van der Waals surface area contributed by atoms with Crippen LogP contribution in [0.3, 0.4) is 0 Å². The largest absolute Gasteiger partial charge is 0.381 e. The first-order valence-electron chi connectivity index (χ1n) is 9.97. The van der Waals surface area contributed by atoms with E-state index in [1.54, 1.807) is 19.0 Å². The van der Waals surface area contributed by atoms with Crippen molar-refractivity contribution in [3.05, 3.63) is 0 Å². The summed E-state index contributed by atoms with van der Waals surface area (Å²) >= 11 is 0. The van der Waals surface area contributed by atoms with Gasteiger partial charge in [-0.1, -0.05) is 19.3 Å². The van der Waals surface area contributed by atoms with Gasteiger partial charge in [-0.25, -0.2) is 4.99 Å². The topological polar surface area (TPSA) is 66.0 Å². The van der Waals surface area contributed by atoms with E-state index in [1.807, 2.05) is 0 Å². The van der Waals surface area contributed by atoms with Gasteiger partial charge in [-0.2, -0.15) is 0 Å². The minimum absolute atomic E-state index is 0.0348. The molecule has 6 nitrogen and oxygen atoms in total. The van der Waals surface area contributed by atoms with Crippen LogP contribution in [0.25, 0.3) is 0 Å². The lowest BCUT2D eigenvalue weighted by Gasteiger charge is -2.34. The Labute approximate surface area is 151 Å². The summed E-state index contributed by atoms with van der Waals surface area (Å²) in [6.07, 6.45) is 10.0. The van der Waals surface area contributed by atoms with Crippen LogP contribution in [0.5, 0.6) is 0 Å². The number of fused-ring (bicyclic) bond motifs is 1. The lowest BCUT2D eigenvalue weighted by Crippen LogP contribution is -2.50. The van der Waals surface area contributed by atoms with Gasteiger partial charge in [0.15, 0.2) is 5.96 Å². The zero-order chi connectivity index (χ0) is 17.6. The van der Waals surface area contributed by atoms with Gasteiger partial charge in [0.2, 0.25) is 5.91 Å². The Balaban J connectivity index is 1.58. The first kappa shape index (κ1) is 18.5. The van der Waals surface area contributed by atoms with Crippen molar-refractivity contribution in [2.75, 3.05) is 33.9 Å². The van der Waals surface area contributed by atoms with E-state index in [2.05, 4.69) is 15.6 Å². The van der Waals surface area contributed by atoms with E-state index >= 15 is 0 Å². The standard InChI is InChI=1S/C19H34N4O2/c1-23(2)18(24)13-20-19(21-16-8-10-25-11-9-16)22-17-7-6-14-4-3-5-15(14)12-17/h14-17H,3-13H2,1-2H3,(H2,20,21,22). The molecule has 2 aliphatic carbocycles. The maximum Gasteiger partial charge on any atom is 0.243 e. The highest BCUT2D eigenvalue weighted by atomic mass is 16.5. The molecule has 6 heteroatoms. The fourth-order valence-electron chi connectivity index (χ4n) is 4.48. The Morgan fingerprint density at radius 3 is 2.48 bits per heavy atom. The van der Waals surface area contributed by atoms with Crippen molar-refractivity contribution in [3.63, 3.8) is 0 Å². The second kappa shape index (κ2) is 8.88. The third kappa shape index (κ3) is 5.33. The highest BCUT2D eigenvalue weighted by molar-refractivity contribution is 5.85. The molecule has 0 bridgehead atoms. The highest BCUT2D eigenvalue weighted by Gasteiger charge is 2.34. The van der Waals surface area contributed by atoms with Crippen molar-refractivity contribution in [2.45, 2.75) is 63.5 Å². The van der Waals surface area contributed by atoms with Gasteiger partial charge in [0.25, 0.3) is 0 Å². The van der Waals surface area contributed by atoms with Gasteiger partial charge in [-0.3, -0.25) is 4.79 Å². The predicted octanol–water partition coefficient (Wildman–Crippen LogP) is 1.76. The summed E-state index contributed by atoms with van der Waals surface area (Å²) in [4.78, 5) is 18.1. The van der Waals surface area contributed by atoms with E-state index in [1.165, 1.54) is 38.5 Å². The number of amides is 1. The molecule has 3 aliphatic rings. The van der Waals surface area contributed by atoms with Crippen molar-refractivity contribution in [1.82, 2.24) is 15.5 Å². The van der Waals surface area contributed by atoms with Gasteiger partial charge in [-0.05, 0) is 43.9 Å². The van der Waals surface area contributed by atoms with E-state index in [9.17, 15) is 4.79 Å². The summed E-state index contributed by atoms with van der Waals surface area (Å²) in [6, 6.07) is 0.872. The van der Waals surface area contributed by atoms with Crippen LogP contribution >= 0.6 is 0 Å². The molecular weight excluding hydrogens is 316 g/mol. The van der Waals surface area contributed by atoms with Crippen LogP contribution in [0.4, 0.5) is 0 Å². The van der Waals surface area contributed by atoms with E-state index in [0.29, 0.717) is 12.1 Å². The summed E-state index contributed by atoms with van der Waals surface area (Å²) in [6.45, 7) is 1.80. The first-order chi connectivity index (χ1) is 12.1. The number of rotatable bonds is 4. The van der Waals surface area contributed by atoms with Crippen LogP contribution in [0.2, 0.25) is 0 Å². The number of likely N-dealkylation sites (N-methyl/N-ethyl adjacent to an activating group) is 1. The molecule has 0 radical (unpaired) electrons. The van der Waals surface area contributed by atoms with Crippen molar-refractivity contribution in [1.29, 1.82) is 0 Å². The van der Waals surface area contributed by atoms with Gasteiger partial charge < -0.3 is 20.3 Å². The smallest absolute Gasteiger partial charge is 0.243 e. The number of hydrogen-bond acceptors (Lipinski definition) is 3. The molecule has 0 aromatic heterocycles. The van der Waals surface area contributed by atoms with Crippen LogP contribution in [0.15, 0.2) is 4.99 Å². The second-order valence-electron chi connectivity index (χ2n) is 8.09. The molecule has 3 rings (SSSR count). The van der Waals surface area contributed by atoms with Crippen molar-refractivity contribution < 1.29 is 9.53 Å². The summed E-state index contributed by atoms with van der Waals surface area (Å²) in [5.74, 6) is 2.69. The van der Waals surface area contributed by atoms with Gasteiger partial charge in [0, 0.05) is 39.4 Å². The molecule has 0 spiro atoms. The fraction of sp³-hybridized carbons (Fsp3) is 0.895. The molecule has 1 aliphatic heterocycles. The molecule has 1 amide bonds. The Bertz CT molecular complexity index is 474. The predicted molar refractivity (Wildman–Crippen MR) is 99.6 cm³/mol. The van der Waals surface area contributed by atoms with Crippen LogP contribution in [-0.4, -0.2) is 62.7 Å². The molecule has 25 heavy (non-hydrogen) atoms. The number of carbonyl (C=O) groups is 1. The number of guanidine groups is 1. The number of nitrogens with zero attached hydrogens (tertiary/aromatic N) is 2. The molecule has 3 fully saturated rings. The lowest BCUT2D eigenvalue weighted by atomic mass is 9.79. The number of ether oxygens (including phenoxy) is 1. The molecule has 3 atom stereocenters. The zero-order valence-corrected chi connectivity index (χ0v) is 15.8. The quantitative estimate of drug-likeness (QED) is 0.599. The van der Waals surface area contributed by atoms with Crippen LogP contribution in [-0.2, 0) is 9.53 Å². The number of carbonyl (C=O) groups excluding carboxylic acids is 1. The average Bonchev–Trinajstić information content (AvgIpc) is 3.08. The second-order valence-corrected chi connectivity index (χ2v) is 8.09. The molecule has 0 aromatic carbocycles. The summed E-state index contributed by atoms with van der Waals surface area (Å²) in [5.41, 5.74) is 0. The molecule has 2 saturated carbocycles. The molecule has 142 valence electrons. The Kier molecular flexibility index (Phi) is 6.57. The zero-order valence-electron chi connectivity index (χ0n) is 15.8. The van der Waals surface area contributed by atoms with Gasteiger partial charge in [0.05, 0.1) is 0 Å². The van der Waals surface area contributed by atoms with E-state index in [-0.39, 0.29) is 12.5 Å². The third-order valence-electron chi connectivity index (χ3n) is 6.06. The summed E-state index contributed by atoms with van der Waals surface area (Å²) in [5, 5.41) is 7.18. The SMILES string of the molecule is CN(C)C(=O)CN=C(NC1CCOCC1)NC1CCC2CCCC2C1. The maximum atomic E-state index is 11.9. The Morgan fingerprint density at radius 1 is 1.00 bits per heavy atom. The normalized spacial score (nSPS) is 30.6. The van der Waals surface area contributed by atoms with Crippen LogP contribution < -0.4 is 10.6 Å².